The third kappa shape index (κ3) is 4.57. The normalized spacial score (nSPS) is 15.1. The predicted molar refractivity (Wildman–Crippen MR) is 93.2 cm³/mol. The number of urea groups is 1. The largest absolute Gasteiger partial charge is 0.381 e. The van der Waals surface area contributed by atoms with Crippen LogP contribution < -0.4 is 10.6 Å². The molecule has 1 aromatic carbocycles. The van der Waals surface area contributed by atoms with E-state index in [0.717, 1.165) is 37.3 Å². The lowest BCUT2D eigenvalue weighted by atomic mass is 10.1. The first kappa shape index (κ1) is 17.4. The lowest BCUT2D eigenvalue weighted by Gasteiger charge is -2.23. The maximum Gasteiger partial charge on any atom is 0.319 e. The van der Waals surface area contributed by atoms with Crippen LogP contribution in [0.4, 0.5) is 14.9 Å². The summed E-state index contributed by atoms with van der Waals surface area (Å²) in [7, 11) is 0. The molecule has 1 fully saturated rings. The summed E-state index contributed by atoms with van der Waals surface area (Å²) < 4.78 is 20.2. The van der Waals surface area contributed by atoms with Gasteiger partial charge >= 0.3 is 6.03 Å². The van der Waals surface area contributed by atoms with Gasteiger partial charge in [-0.15, -0.1) is 0 Å². The number of hydrogen-bond acceptors (Lipinski definition) is 3. The Morgan fingerprint density at radius 3 is 2.76 bits per heavy atom. The zero-order valence-corrected chi connectivity index (χ0v) is 14.3. The highest BCUT2D eigenvalue weighted by Crippen LogP contribution is 2.25. The van der Waals surface area contributed by atoms with E-state index in [0.29, 0.717) is 24.7 Å². The van der Waals surface area contributed by atoms with E-state index in [1.165, 1.54) is 12.1 Å². The molecule has 25 heavy (non-hydrogen) atoms. The Morgan fingerprint density at radius 2 is 2.04 bits per heavy atom. The van der Waals surface area contributed by atoms with Gasteiger partial charge in [0.2, 0.25) is 0 Å². The Bertz CT molecular complexity index is 708. The molecule has 0 atom stereocenters. The van der Waals surface area contributed by atoms with Crippen LogP contribution in [0.1, 0.15) is 30.1 Å². The highest BCUT2D eigenvalue weighted by molar-refractivity contribution is 5.89. The quantitative estimate of drug-likeness (QED) is 0.874. The minimum absolute atomic E-state index is 0.258. The monoisotopic (exact) mass is 346 g/mol. The fraction of sp³-hybridized carbons (Fsp3) is 0.444. The number of nitrogens with one attached hydrogen (secondary N) is 2. The second-order valence-corrected chi connectivity index (χ2v) is 6.19. The van der Waals surface area contributed by atoms with Gasteiger partial charge in [0.25, 0.3) is 0 Å². The van der Waals surface area contributed by atoms with Gasteiger partial charge in [-0.2, -0.15) is 5.10 Å². The second kappa shape index (κ2) is 8.11. The van der Waals surface area contributed by atoms with Crippen molar-refractivity contribution in [2.75, 3.05) is 25.1 Å². The molecule has 2 amide bonds. The molecule has 0 unspecified atom stereocenters. The maximum atomic E-state index is 12.9. The molecule has 0 bridgehead atoms. The molecular formula is C18H23FN4O2. The smallest absolute Gasteiger partial charge is 0.319 e. The minimum Gasteiger partial charge on any atom is -0.381 e. The molecule has 2 aromatic rings. The van der Waals surface area contributed by atoms with Gasteiger partial charge in [-0.3, -0.25) is 4.68 Å². The first-order valence-corrected chi connectivity index (χ1v) is 8.54. The maximum absolute atomic E-state index is 12.9. The van der Waals surface area contributed by atoms with Gasteiger partial charge in [-0.25, -0.2) is 9.18 Å². The van der Waals surface area contributed by atoms with Crippen molar-refractivity contribution in [2.24, 2.45) is 0 Å². The number of amides is 2. The van der Waals surface area contributed by atoms with E-state index >= 15 is 0 Å². The van der Waals surface area contributed by atoms with Crippen molar-refractivity contribution in [3.05, 3.63) is 47.5 Å². The molecule has 2 heterocycles. The summed E-state index contributed by atoms with van der Waals surface area (Å²) in [5.41, 5.74) is 2.64. The lowest BCUT2D eigenvalue weighted by molar-refractivity contribution is 0.0657. The molecule has 0 radical (unpaired) electrons. The number of rotatable bonds is 5. The summed E-state index contributed by atoms with van der Waals surface area (Å²) in [4.78, 5) is 12.1. The SMILES string of the molecule is Cc1c(NC(=O)NCCc2ccc(F)cc2)cnn1C1CCOCC1. The summed E-state index contributed by atoms with van der Waals surface area (Å²) in [6, 6.07) is 6.34. The average molecular weight is 346 g/mol. The van der Waals surface area contributed by atoms with E-state index in [4.69, 9.17) is 4.74 Å². The van der Waals surface area contributed by atoms with Gasteiger partial charge in [-0.05, 0) is 43.9 Å². The molecule has 134 valence electrons. The number of halogens is 1. The third-order valence-electron chi connectivity index (χ3n) is 4.44. The van der Waals surface area contributed by atoms with E-state index < -0.39 is 0 Å². The number of ether oxygens (including phenoxy) is 1. The Morgan fingerprint density at radius 1 is 1.32 bits per heavy atom. The second-order valence-electron chi connectivity index (χ2n) is 6.19. The van der Waals surface area contributed by atoms with Crippen molar-refractivity contribution in [3.8, 4) is 0 Å². The highest BCUT2D eigenvalue weighted by Gasteiger charge is 2.19. The van der Waals surface area contributed by atoms with Crippen molar-refractivity contribution in [2.45, 2.75) is 32.2 Å². The van der Waals surface area contributed by atoms with Crippen LogP contribution in [-0.2, 0) is 11.2 Å². The highest BCUT2D eigenvalue weighted by atomic mass is 19.1. The topological polar surface area (TPSA) is 68.2 Å². The van der Waals surface area contributed by atoms with E-state index in [1.807, 2.05) is 11.6 Å². The van der Waals surface area contributed by atoms with Crippen molar-refractivity contribution in [1.82, 2.24) is 15.1 Å². The molecule has 1 saturated heterocycles. The number of nitrogens with zero attached hydrogens (tertiary/aromatic N) is 2. The van der Waals surface area contributed by atoms with Crippen LogP contribution in [0.3, 0.4) is 0 Å². The summed E-state index contributed by atoms with van der Waals surface area (Å²) in [6.45, 7) is 3.93. The molecule has 3 rings (SSSR count). The Hall–Kier alpha value is -2.41. The number of aromatic nitrogens is 2. The Balaban J connectivity index is 1.49. The molecular weight excluding hydrogens is 323 g/mol. The first-order chi connectivity index (χ1) is 12.1. The van der Waals surface area contributed by atoms with Crippen molar-refractivity contribution in [1.29, 1.82) is 0 Å². The van der Waals surface area contributed by atoms with E-state index in [9.17, 15) is 9.18 Å². The summed E-state index contributed by atoms with van der Waals surface area (Å²) in [5, 5.41) is 10.1. The third-order valence-corrected chi connectivity index (χ3v) is 4.44. The molecule has 1 aromatic heterocycles. The molecule has 1 aliphatic heterocycles. The molecule has 7 heteroatoms. The zero-order valence-electron chi connectivity index (χ0n) is 14.3. The first-order valence-electron chi connectivity index (χ1n) is 8.54. The Labute approximate surface area is 146 Å². The van der Waals surface area contributed by atoms with Crippen LogP contribution in [0.5, 0.6) is 0 Å². The number of hydrogen-bond donors (Lipinski definition) is 2. The zero-order chi connectivity index (χ0) is 17.6. The van der Waals surface area contributed by atoms with Gasteiger partial charge in [-0.1, -0.05) is 12.1 Å². The fourth-order valence-electron chi connectivity index (χ4n) is 2.98. The molecule has 2 N–H and O–H groups in total. The number of carbonyl (C=O) groups is 1. The van der Waals surface area contributed by atoms with Crippen LogP contribution in [0.15, 0.2) is 30.5 Å². The number of carbonyl (C=O) groups excluding carboxylic acids is 1. The van der Waals surface area contributed by atoms with Crippen LogP contribution in [0, 0.1) is 12.7 Å². The summed E-state index contributed by atoms with van der Waals surface area (Å²) in [5.74, 6) is -0.258. The average Bonchev–Trinajstić information content (AvgIpc) is 2.98. The lowest BCUT2D eigenvalue weighted by Crippen LogP contribution is -2.30. The molecule has 0 saturated carbocycles. The van der Waals surface area contributed by atoms with Crippen LogP contribution in [0.25, 0.3) is 0 Å². The molecule has 6 nitrogen and oxygen atoms in total. The van der Waals surface area contributed by atoms with E-state index in [2.05, 4.69) is 15.7 Å². The number of anilines is 1. The van der Waals surface area contributed by atoms with Gasteiger partial charge in [0.15, 0.2) is 0 Å². The fourth-order valence-corrected chi connectivity index (χ4v) is 2.98. The summed E-state index contributed by atoms with van der Waals surface area (Å²) >= 11 is 0. The molecule has 0 spiro atoms. The predicted octanol–water partition coefficient (Wildman–Crippen LogP) is 3.05. The molecule has 1 aliphatic rings. The van der Waals surface area contributed by atoms with E-state index in [1.54, 1.807) is 18.3 Å². The van der Waals surface area contributed by atoms with Crippen molar-refractivity contribution < 1.29 is 13.9 Å². The summed E-state index contributed by atoms with van der Waals surface area (Å²) in [6.07, 6.45) is 4.20. The van der Waals surface area contributed by atoms with Crippen LogP contribution in [-0.4, -0.2) is 35.6 Å². The van der Waals surface area contributed by atoms with Gasteiger partial charge < -0.3 is 15.4 Å². The van der Waals surface area contributed by atoms with Gasteiger partial charge in [0, 0.05) is 19.8 Å². The van der Waals surface area contributed by atoms with Crippen LogP contribution >= 0.6 is 0 Å². The Kier molecular flexibility index (Phi) is 5.65. The molecule has 0 aliphatic carbocycles. The van der Waals surface area contributed by atoms with Gasteiger partial charge in [0.1, 0.15) is 5.82 Å². The van der Waals surface area contributed by atoms with E-state index in [-0.39, 0.29) is 11.8 Å². The van der Waals surface area contributed by atoms with Crippen molar-refractivity contribution >= 4 is 11.7 Å². The van der Waals surface area contributed by atoms with Gasteiger partial charge in [0.05, 0.1) is 23.6 Å². The number of benzene rings is 1. The van der Waals surface area contributed by atoms with Crippen LogP contribution in [0.2, 0.25) is 0 Å². The minimum atomic E-state index is -0.267. The van der Waals surface area contributed by atoms with Crippen molar-refractivity contribution in [3.63, 3.8) is 0 Å². The standard InChI is InChI=1S/C18H23FN4O2/c1-13-17(12-21-23(13)16-7-10-25-11-8-16)22-18(24)20-9-6-14-2-4-15(19)5-3-14/h2-5,12,16H,6-11H2,1H3,(H2,20,22,24).